The second-order valence-corrected chi connectivity index (χ2v) is 6.24. The van der Waals surface area contributed by atoms with Gasteiger partial charge in [0.2, 0.25) is 6.10 Å². The summed E-state index contributed by atoms with van der Waals surface area (Å²) in [6.07, 6.45) is -0.810. The summed E-state index contributed by atoms with van der Waals surface area (Å²) in [5, 5.41) is 8.50. The first-order valence-electron chi connectivity index (χ1n) is 7.22. The fourth-order valence-electron chi connectivity index (χ4n) is 2.31. The monoisotopic (exact) mass is 347 g/mol. The summed E-state index contributed by atoms with van der Waals surface area (Å²) in [5.74, 6) is -1.21. The predicted octanol–water partition coefficient (Wildman–Crippen LogP) is 2.86. The molecule has 0 aliphatic carbocycles. The number of ketones is 1. The van der Waals surface area contributed by atoms with Crippen LogP contribution in [0.25, 0.3) is 0 Å². The van der Waals surface area contributed by atoms with Crippen molar-refractivity contribution < 1.29 is 18.8 Å². The maximum Gasteiger partial charge on any atom is 0.270 e. The van der Waals surface area contributed by atoms with Crippen LogP contribution < -0.4 is 5.32 Å². The molecule has 8 heteroatoms. The topological polar surface area (TPSA) is 80.7 Å². The van der Waals surface area contributed by atoms with Crippen molar-refractivity contribution in [3.8, 4) is 0 Å². The Hall–Kier alpha value is -2.61. The van der Waals surface area contributed by atoms with Crippen LogP contribution in [0.15, 0.2) is 34.8 Å². The molecular formula is C16H14FN3O3S. The van der Waals surface area contributed by atoms with Crippen LogP contribution in [0.2, 0.25) is 0 Å². The Morgan fingerprint density at radius 2 is 2.00 bits per heavy atom. The molecule has 0 bridgehead atoms. The van der Waals surface area contributed by atoms with Crippen molar-refractivity contribution in [2.45, 2.75) is 20.0 Å². The molecule has 124 valence electrons. The van der Waals surface area contributed by atoms with Crippen LogP contribution >= 0.6 is 11.3 Å². The van der Waals surface area contributed by atoms with Gasteiger partial charge in [0.15, 0.2) is 10.9 Å². The van der Waals surface area contributed by atoms with Crippen molar-refractivity contribution in [2.24, 2.45) is 11.1 Å². The van der Waals surface area contributed by atoms with Crippen molar-refractivity contribution >= 4 is 33.9 Å². The molecule has 1 N–H and O–H groups in total. The molecule has 1 aromatic heterocycles. The Labute approximate surface area is 141 Å². The standard InChI is InChI=1S/C16H14FN3O3S/c1-8-13(10-3-5-11(17)6-4-10)20-23-14(8)15(22)19-16-18-12(7-24-16)9(2)21/h3-8,14H,1-2H3,(H,18,19,22)/t8-,14-/m1/s1. The number of thiazole rings is 1. The average molecular weight is 347 g/mol. The third kappa shape index (κ3) is 3.18. The van der Waals surface area contributed by atoms with E-state index in [1.807, 2.05) is 6.92 Å². The second kappa shape index (κ2) is 6.48. The molecular weight excluding hydrogens is 333 g/mol. The van der Waals surface area contributed by atoms with E-state index in [4.69, 9.17) is 4.84 Å². The fraction of sp³-hybridized carbons (Fsp3) is 0.250. The van der Waals surface area contributed by atoms with E-state index >= 15 is 0 Å². The zero-order valence-electron chi connectivity index (χ0n) is 12.9. The minimum Gasteiger partial charge on any atom is -0.381 e. The van der Waals surface area contributed by atoms with Gasteiger partial charge < -0.3 is 4.84 Å². The molecule has 2 atom stereocenters. The van der Waals surface area contributed by atoms with Gasteiger partial charge in [0.1, 0.15) is 11.5 Å². The molecule has 1 aliphatic heterocycles. The number of oxime groups is 1. The van der Waals surface area contributed by atoms with Gasteiger partial charge in [0.25, 0.3) is 5.91 Å². The Morgan fingerprint density at radius 3 is 2.62 bits per heavy atom. The molecule has 0 saturated heterocycles. The molecule has 3 rings (SSSR count). The van der Waals surface area contributed by atoms with Crippen LogP contribution in [0, 0.1) is 11.7 Å². The largest absolute Gasteiger partial charge is 0.381 e. The van der Waals surface area contributed by atoms with Gasteiger partial charge in [-0.2, -0.15) is 0 Å². The number of nitrogens with one attached hydrogen (secondary N) is 1. The molecule has 1 amide bonds. The van der Waals surface area contributed by atoms with Crippen LogP contribution in [0.1, 0.15) is 29.9 Å². The van der Waals surface area contributed by atoms with Crippen molar-refractivity contribution in [1.29, 1.82) is 0 Å². The van der Waals surface area contributed by atoms with Gasteiger partial charge >= 0.3 is 0 Å². The highest BCUT2D eigenvalue weighted by Gasteiger charge is 2.37. The maximum absolute atomic E-state index is 13.0. The van der Waals surface area contributed by atoms with E-state index in [0.717, 1.165) is 0 Å². The molecule has 2 heterocycles. The van der Waals surface area contributed by atoms with Gasteiger partial charge in [-0.3, -0.25) is 14.9 Å². The molecule has 1 aliphatic rings. The molecule has 0 spiro atoms. The lowest BCUT2D eigenvalue weighted by molar-refractivity contribution is -0.127. The Kier molecular flexibility index (Phi) is 4.39. The lowest BCUT2D eigenvalue weighted by Crippen LogP contribution is -2.34. The average Bonchev–Trinajstić information content (AvgIpc) is 3.15. The second-order valence-electron chi connectivity index (χ2n) is 5.38. The number of halogens is 1. The summed E-state index contributed by atoms with van der Waals surface area (Å²) >= 11 is 1.17. The van der Waals surface area contributed by atoms with E-state index in [0.29, 0.717) is 22.1 Å². The molecule has 0 saturated carbocycles. The first-order valence-corrected chi connectivity index (χ1v) is 8.10. The number of nitrogens with zero attached hydrogens (tertiary/aromatic N) is 2. The highest BCUT2D eigenvalue weighted by Crippen LogP contribution is 2.25. The quantitative estimate of drug-likeness (QED) is 0.863. The van der Waals surface area contributed by atoms with E-state index in [9.17, 15) is 14.0 Å². The lowest BCUT2D eigenvalue weighted by atomic mass is 9.94. The van der Waals surface area contributed by atoms with E-state index < -0.39 is 12.0 Å². The summed E-state index contributed by atoms with van der Waals surface area (Å²) in [7, 11) is 0. The SMILES string of the molecule is CC(=O)c1csc(NC(=O)[C@@H]2ON=C(c3ccc(F)cc3)[C@H]2C)n1. The summed E-state index contributed by atoms with van der Waals surface area (Å²) < 4.78 is 13.0. The van der Waals surface area contributed by atoms with E-state index in [1.165, 1.54) is 30.4 Å². The highest BCUT2D eigenvalue weighted by atomic mass is 32.1. The summed E-state index contributed by atoms with van der Waals surface area (Å²) in [6, 6.07) is 5.84. The van der Waals surface area contributed by atoms with Gasteiger partial charge in [0.05, 0.1) is 11.6 Å². The van der Waals surface area contributed by atoms with Gasteiger partial charge in [-0.05, 0) is 17.7 Å². The van der Waals surface area contributed by atoms with Gasteiger partial charge in [0, 0.05) is 12.3 Å². The molecule has 6 nitrogen and oxygen atoms in total. The molecule has 24 heavy (non-hydrogen) atoms. The maximum atomic E-state index is 13.0. The number of Topliss-reactive ketones (excluding diaryl/α,β-unsaturated/α-hetero) is 1. The van der Waals surface area contributed by atoms with Crippen molar-refractivity contribution in [2.75, 3.05) is 5.32 Å². The Morgan fingerprint density at radius 1 is 1.29 bits per heavy atom. The van der Waals surface area contributed by atoms with Crippen LogP contribution in [0.5, 0.6) is 0 Å². The minimum atomic E-state index is -0.810. The van der Waals surface area contributed by atoms with Crippen molar-refractivity contribution in [3.05, 3.63) is 46.7 Å². The number of amides is 1. The first-order chi connectivity index (χ1) is 11.5. The Bertz CT molecular complexity index is 816. The summed E-state index contributed by atoms with van der Waals surface area (Å²) in [6.45, 7) is 3.22. The van der Waals surface area contributed by atoms with Crippen LogP contribution in [-0.2, 0) is 9.63 Å². The zero-order valence-corrected chi connectivity index (χ0v) is 13.8. The van der Waals surface area contributed by atoms with Gasteiger partial charge in [-0.1, -0.05) is 24.2 Å². The summed E-state index contributed by atoms with van der Waals surface area (Å²) in [5.41, 5.74) is 1.59. The fourth-order valence-corrected chi connectivity index (χ4v) is 3.06. The van der Waals surface area contributed by atoms with Crippen molar-refractivity contribution in [1.82, 2.24) is 4.98 Å². The number of rotatable bonds is 4. The van der Waals surface area contributed by atoms with Crippen LogP contribution in [-0.4, -0.2) is 28.5 Å². The number of carbonyl (C=O) groups excluding carboxylic acids is 2. The molecule has 0 unspecified atom stereocenters. The third-order valence-corrected chi connectivity index (χ3v) is 4.40. The van der Waals surface area contributed by atoms with Gasteiger partial charge in [-0.15, -0.1) is 11.3 Å². The number of aromatic nitrogens is 1. The Balaban J connectivity index is 1.68. The number of hydrogen-bond acceptors (Lipinski definition) is 6. The first kappa shape index (κ1) is 16.3. The lowest BCUT2D eigenvalue weighted by Gasteiger charge is -2.13. The van der Waals surface area contributed by atoms with E-state index in [2.05, 4.69) is 15.5 Å². The van der Waals surface area contributed by atoms with Crippen LogP contribution in [0.4, 0.5) is 9.52 Å². The van der Waals surface area contributed by atoms with Gasteiger partial charge in [-0.25, -0.2) is 9.37 Å². The molecule has 0 radical (unpaired) electrons. The smallest absolute Gasteiger partial charge is 0.270 e. The molecule has 0 fully saturated rings. The highest BCUT2D eigenvalue weighted by molar-refractivity contribution is 7.14. The normalized spacial score (nSPS) is 19.5. The zero-order chi connectivity index (χ0) is 17.3. The number of benzene rings is 1. The van der Waals surface area contributed by atoms with E-state index in [-0.39, 0.29) is 17.5 Å². The van der Waals surface area contributed by atoms with Crippen LogP contribution in [0.3, 0.4) is 0 Å². The predicted molar refractivity (Wildman–Crippen MR) is 87.7 cm³/mol. The third-order valence-electron chi connectivity index (χ3n) is 3.64. The molecule has 2 aromatic rings. The number of carbonyl (C=O) groups is 2. The number of anilines is 1. The summed E-state index contributed by atoms with van der Waals surface area (Å²) in [4.78, 5) is 32.9. The van der Waals surface area contributed by atoms with E-state index in [1.54, 1.807) is 17.5 Å². The molecule has 1 aromatic carbocycles. The number of hydrogen-bond donors (Lipinski definition) is 1. The van der Waals surface area contributed by atoms with Crippen molar-refractivity contribution in [3.63, 3.8) is 0 Å². The minimum absolute atomic E-state index is 0.167.